The topological polar surface area (TPSA) is 78.9 Å². The molecular formula is C19H20O6. The first-order valence-electron chi connectivity index (χ1n) is 8.02. The molecule has 2 bridgehead atoms. The number of carbonyl (C=O) groups excluding carboxylic acids is 3. The first kappa shape index (κ1) is 17.2. The Balaban J connectivity index is 2.07. The first-order valence-corrected chi connectivity index (χ1v) is 8.02. The van der Waals surface area contributed by atoms with Gasteiger partial charge in [0.2, 0.25) is 5.78 Å². The van der Waals surface area contributed by atoms with E-state index in [0.29, 0.717) is 11.3 Å². The van der Waals surface area contributed by atoms with Crippen LogP contribution >= 0.6 is 0 Å². The fourth-order valence-corrected chi connectivity index (χ4v) is 3.30. The van der Waals surface area contributed by atoms with E-state index in [-0.39, 0.29) is 23.4 Å². The molecule has 1 fully saturated rings. The zero-order valence-corrected chi connectivity index (χ0v) is 14.5. The second-order valence-corrected chi connectivity index (χ2v) is 6.90. The lowest BCUT2D eigenvalue weighted by molar-refractivity contribution is -0.148. The van der Waals surface area contributed by atoms with Crippen LogP contribution in [0, 0.1) is 5.92 Å². The number of esters is 2. The molecule has 0 amide bonds. The molecule has 4 unspecified atom stereocenters. The third-order valence-electron chi connectivity index (χ3n) is 4.78. The predicted octanol–water partition coefficient (Wildman–Crippen LogP) is 2.16. The molecule has 6 heteroatoms. The molecule has 0 saturated carbocycles. The summed E-state index contributed by atoms with van der Waals surface area (Å²) < 4.78 is 16.8. The molecule has 4 atom stereocenters. The highest BCUT2D eigenvalue weighted by Crippen LogP contribution is 2.42. The van der Waals surface area contributed by atoms with Crippen LogP contribution in [0.4, 0.5) is 0 Å². The highest BCUT2D eigenvalue weighted by molar-refractivity contribution is 6.00. The molecule has 0 N–H and O–H groups in total. The molecule has 3 aliphatic heterocycles. The van der Waals surface area contributed by atoms with E-state index in [9.17, 15) is 14.4 Å². The lowest BCUT2D eigenvalue weighted by Crippen LogP contribution is -2.41. The Morgan fingerprint density at radius 1 is 1.40 bits per heavy atom. The zero-order chi connectivity index (χ0) is 18.5. The van der Waals surface area contributed by atoms with Gasteiger partial charge in [0.25, 0.3) is 0 Å². The van der Waals surface area contributed by atoms with Crippen molar-refractivity contribution in [2.75, 3.05) is 0 Å². The highest BCUT2D eigenvalue weighted by atomic mass is 16.6. The minimum Gasteiger partial charge on any atom is -0.479 e. The summed E-state index contributed by atoms with van der Waals surface area (Å²) >= 11 is 0. The van der Waals surface area contributed by atoms with E-state index < -0.39 is 35.7 Å². The van der Waals surface area contributed by atoms with Crippen LogP contribution in [-0.4, -0.2) is 35.5 Å². The summed E-state index contributed by atoms with van der Waals surface area (Å²) in [4.78, 5) is 36.4. The fourth-order valence-electron chi connectivity index (χ4n) is 3.30. The van der Waals surface area contributed by atoms with Gasteiger partial charge in [0.1, 0.15) is 18.0 Å². The second kappa shape index (κ2) is 5.72. The SMILES string of the molecule is C=C(C)C(=O)OC1C=C(C)C2=CC(=O)C(C)(CC3OC(=O)C(=C)C13)O2. The van der Waals surface area contributed by atoms with Gasteiger partial charge in [-0.3, -0.25) is 4.79 Å². The smallest absolute Gasteiger partial charge is 0.334 e. The molecule has 0 aromatic rings. The molecule has 3 aliphatic rings. The molecule has 0 aromatic heterocycles. The molecule has 3 rings (SSSR count). The quantitative estimate of drug-likeness (QED) is 0.564. The summed E-state index contributed by atoms with van der Waals surface area (Å²) in [7, 11) is 0. The fraction of sp³-hybridized carbons (Fsp3) is 0.421. The summed E-state index contributed by atoms with van der Waals surface area (Å²) in [5.74, 6) is -1.46. The maximum absolute atomic E-state index is 12.4. The van der Waals surface area contributed by atoms with Gasteiger partial charge >= 0.3 is 11.9 Å². The Morgan fingerprint density at radius 2 is 2.08 bits per heavy atom. The van der Waals surface area contributed by atoms with Crippen molar-refractivity contribution < 1.29 is 28.6 Å². The zero-order valence-electron chi connectivity index (χ0n) is 14.5. The summed E-state index contributed by atoms with van der Waals surface area (Å²) in [5, 5.41) is 0. The van der Waals surface area contributed by atoms with Crippen LogP contribution in [0.3, 0.4) is 0 Å². The monoisotopic (exact) mass is 344 g/mol. The molecule has 25 heavy (non-hydrogen) atoms. The lowest BCUT2D eigenvalue weighted by Gasteiger charge is -2.29. The molecule has 0 spiro atoms. The standard InChI is InChI=1S/C19H20O6/c1-9(2)17(21)23-13-6-10(3)12-7-15(20)19(5,25-12)8-14-16(13)11(4)18(22)24-14/h6-7,13-14,16H,1,4,8H2,2-3,5H3. The van der Waals surface area contributed by atoms with Crippen molar-refractivity contribution in [1.82, 2.24) is 0 Å². The summed E-state index contributed by atoms with van der Waals surface area (Å²) in [6.45, 7) is 12.3. The summed E-state index contributed by atoms with van der Waals surface area (Å²) in [6.07, 6.45) is 1.81. The molecule has 0 aliphatic carbocycles. The van der Waals surface area contributed by atoms with Crippen molar-refractivity contribution in [2.45, 2.75) is 45.0 Å². The Bertz CT molecular complexity index is 771. The largest absolute Gasteiger partial charge is 0.479 e. The Kier molecular flexibility index (Phi) is 3.94. The Labute approximate surface area is 145 Å². The first-order chi connectivity index (χ1) is 11.6. The number of carbonyl (C=O) groups is 3. The number of hydrogen-bond acceptors (Lipinski definition) is 6. The van der Waals surface area contributed by atoms with Crippen molar-refractivity contribution in [3.63, 3.8) is 0 Å². The van der Waals surface area contributed by atoms with Gasteiger partial charge in [-0.25, -0.2) is 9.59 Å². The maximum atomic E-state index is 12.4. The van der Waals surface area contributed by atoms with Crippen LogP contribution in [0.25, 0.3) is 0 Å². The van der Waals surface area contributed by atoms with Crippen LogP contribution in [0.1, 0.15) is 27.2 Å². The van der Waals surface area contributed by atoms with E-state index in [4.69, 9.17) is 14.2 Å². The third-order valence-corrected chi connectivity index (χ3v) is 4.78. The Morgan fingerprint density at radius 3 is 2.72 bits per heavy atom. The van der Waals surface area contributed by atoms with Gasteiger partial charge in [0.05, 0.1) is 5.92 Å². The third kappa shape index (κ3) is 2.81. The molecule has 132 valence electrons. The number of ketones is 1. The molecule has 1 saturated heterocycles. The van der Waals surface area contributed by atoms with Gasteiger partial charge in [0.15, 0.2) is 5.60 Å². The van der Waals surface area contributed by atoms with Crippen LogP contribution < -0.4 is 0 Å². The van der Waals surface area contributed by atoms with Crippen LogP contribution in [-0.2, 0) is 28.6 Å². The van der Waals surface area contributed by atoms with Gasteiger partial charge in [0, 0.05) is 23.6 Å². The Hall–Kier alpha value is -2.63. The molecule has 0 aromatic carbocycles. The van der Waals surface area contributed by atoms with E-state index >= 15 is 0 Å². The van der Waals surface area contributed by atoms with Gasteiger partial charge < -0.3 is 14.2 Å². The van der Waals surface area contributed by atoms with Gasteiger partial charge in [-0.2, -0.15) is 0 Å². The van der Waals surface area contributed by atoms with Crippen molar-refractivity contribution in [3.8, 4) is 0 Å². The summed E-state index contributed by atoms with van der Waals surface area (Å²) in [5.41, 5.74) is -0.0101. The van der Waals surface area contributed by atoms with E-state index in [0.717, 1.165) is 0 Å². The predicted molar refractivity (Wildman–Crippen MR) is 88.2 cm³/mol. The van der Waals surface area contributed by atoms with E-state index in [1.165, 1.54) is 6.08 Å². The van der Waals surface area contributed by atoms with Gasteiger partial charge in [-0.15, -0.1) is 0 Å². The van der Waals surface area contributed by atoms with Crippen molar-refractivity contribution >= 4 is 17.7 Å². The van der Waals surface area contributed by atoms with Crippen molar-refractivity contribution in [3.05, 3.63) is 47.8 Å². The molecule has 6 nitrogen and oxygen atoms in total. The number of allylic oxidation sites excluding steroid dienone is 1. The molecular weight excluding hydrogens is 324 g/mol. The maximum Gasteiger partial charge on any atom is 0.334 e. The molecule has 3 heterocycles. The van der Waals surface area contributed by atoms with Gasteiger partial charge in [-0.05, 0) is 32.4 Å². The summed E-state index contributed by atoms with van der Waals surface area (Å²) in [6, 6.07) is 0. The number of hydrogen-bond donors (Lipinski definition) is 0. The number of rotatable bonds is 2. The average molecular weight is 344 g/mol. The van der Waals surface area contributed by atoms with Crippen molar-refractivity contribution in [1.29, 1.82) is 0 Å². The van der Waals surface area contributed by atoms with Crippen molar-refractivity contribution in [2.24, 2.45) is 5.92 Å². The van der Waals surface area contributed by atoms with E-state index in [1.54, 1.807) is 26.8 Å². The van der Waals surface area contributed by atoms with Gasteiger partial charge in [-0.1, -0.05) is 13.2 Å². The highest BCUT2D eigenvalue weighted by Gasteiger charge is 2.52. The van der Waals surface area contributed by atoms with Crippen LogP contribution in [0.15, 0.2) is 47.8 Å². The van der Waals surface area contributed by atoms with Crippen LogP contribution in [0.2, 0.25) is 0 Å². The lowest BCUT2D eigenvalue weighted by atomic mass is 9.83. The molecule has 0 radical (unpaired) electrons. The normalized spacial score (nSPS) is 33.9. The number of fused-ring (bicyclic) bond motifs is 3. The average Bonchev–Trinajstić information content (AvgIpc) is 2.96. The minimum atomic E-state index is -1.12. The second-order valence-electron chi connectivity index (χ2n) is 6.90. The van der Waals surface area contributed by atoms with Crippen LogP contribution in [0.5, 0.6) is 0 Å². The van der Waals surface area contributed by atoms with E-state index in [2.05, 4.69) is 13.2 Å². The minimum absolute atomic E-state index is 0.156. The van der Waals surface area contributed by atoms with E-state index in [1.807, 2.05) is 0 Å². The number of ether oxygens (including phenoxy) is 3.